The molecule has 0 radical (unpaired) electrons. The first kappa shape index (κ1) is 14.0. The smallest absolute Gasteiger partial charge is 0.244 e. The summed E-state index contributed by atoms with van der Waals surface area (Å²) in [4.78, 5) is 0.0931. The molecular weight excluding hydrogens is 264 g/mol. The van der Waals surface area contributed by atoms with Gasteiger partial charge in [0.15, 0.2) is 0 Å². The minimum absolute atomic E-state index is 0.0931. The second-order valence-electron chi connectivity index (χ2n) is 4.58. The molecule has 1 aliphatic rings. The van der Waals surface area contributed by atoms with E-state index in [1.165, 1.54) is 16.4 Å². The first-order valence-electron chi connectivity index (χ1n) is 6.08. The van der Waals surface area contributed by atoms with Gasteiger partial charge in [-0.25, -0.2) is 8.42 Å². The lowest BCUT2D eigenvalue weighted by Crippen LogP contribution is -2.30. The molecule has 102 valence electrons. The van der Waals surface area contributed by atoms with Crippen molar-refractivity contribution in [3.05, 3.63) is 29.8 Å². The minimum atomic E-state index is -3.58. The summed E-state index contributed by atoms with van der Waals surface area (Å²) in [6.45, 7) is 1.50. The second kappa shape index (κ2) is 5.70. The zero-order chi connectivity index (χ0) is 13.9. The molecule has 0 bridgehead atoms. The molecule has 0 aromatic heterocycles. The van der Waals surface area contributed by atoms with Gasteiger partial charge in [-0.2, -0.15) is 9.57 Å². The highest BCUT2D eigenvalue weighted by atomic mass is 32.2. The van der Waals surface area contributed by atoms with Gasteiger partial charge in [-0.05, 0) is 24.5 Å². The molecule has 1 aliphatic heterocycles. The molecule has 0 amide bonds. The van der Waals surface area contributed by atoms with Gasteiger partial charge in [0.2, 0.25) is 10.0 Å². The van der Waals surface area contributed by atoms with Gasteiger partial charge in [-0.3, -0.25) is 0 Å². The quantitative estimate of drug-likeness (QED) is 0.831. The Kier molecular flexibility index (Phi) is 4.20. The lowest BCUT2D eigenvalue weighted by Gasteiger charge is -2.17. The maximum absolute atomic E-state index is 12.5. The van der Waals surface area contributed by atoms with Crippen molar-refractivity contribution in [3.63, 3.8) is 0 Å². The fraction of sp³-hybridized carbons (Fsp3) is 0.462. The van der Waals surface area contributed by atoms with E-state index in [-0.39, 0.29) is 16.4 Å². The van der Waals surface area contributed by atoms with Crippen molar-refractivity contribution in [2.75, 3.05) is 26.8 Å². The molecule has 1 heterocycles. The van der Waals surface area contributed by atoms with E-state index in [4.69, 9.17) is 10.00 Å². The molecule has 1 unspecified atom stereocenters. The van der Waals surface area contributed by atoms with E-state index in [9.17, 15) is 8.42 Å². The molecule has 1 aromatic carbocycles. The average molecular weight is 280 g/mol. The Labute approximate surface area is 113 Å². The highest BCUT2D eigenvalue weighted by Crippen LogP contribution is 2.26. The van der Waals surface area contributed by atoms with Gasteiger partial charge >= 0.3 is 0 Å². The van der Waals surface area contributed by atoms with Gasteiger partial charge in [0.05, 0.1) is 17.1 Å². The molecule has 1 saturated heterocycles. The Morgan fingerprint density at radius 1 is 1.47 bits per heavy atom. The van der Waals surface area contributed by atoms with Gasteiger partial charge < -0.3 is 4.74 Å². The SMILES string of the molecule is COCC1CCN(S(=O)(=O)c2ccccc2C#N)C1. The number of rotatable bonds is 4. The van der Waals surface area contributed by atoms with Gasteiger partial charge in [0, 0.05) is 20.2 Å². The first-order valence-corrected chi connectivity index (χ1v) is 7.52. The summed E-state index contributed by atoms with van der Waals surface area (Å²) in [7, 11) is -1.96. The lowest BCUT2D eigenvalue weighted by atomic mass is 10.1. The fourth-order valence-corrected chi connectivity index (χ4v) is 3.98. The van der Waals surface area contributed by atoms with Crippen LogP contribution in [0.15, 0.2) is 29.2 Å². The van der Waals surface area contributed by atoms with Crippen molar-refractivity contribution in [2.45, 2.75) is 11.3 Å². The van der Waals surface area contributed by atoms with Crippen LogP contribution in [0.25, 0.3) is 0 Å². The lowest BCUT2D eigenvalue weighted by molar-refractivity contribution is 0.157. The van der Waals surface area contributed by atoms with E-state index >= 15 is 0 Å². The zero-order valence-corrected chi connectivity index (χ0v) is 11.6. The van der Waals surface area contributed by atoms with Gasteiger partial charge in [-0.1, -0.05) is 12.1 Å². The van der Waals surface area contributed by atoms with Crippen molar-refractivity contribution in [3.8, 4) is 6.07 Å². The van der Waals surface area contributed by atoms with Crippen LogP contribution in [0.5, 0.6) is 0 Å². The van der Waals surface area contributed by atoms with E-state index in [0.29, 0.717) is 19.7 Å². The summed E-state index contributed by atoms with van der Waals surface area (Å²) < 4.78 is 31.5. The Bertz CT molecular complexity index is 592. The molecule has 1 aromatic rings. The predicted molar refractivity (Wildman–Crippen MR) is 69.9 cm³/mol. The van der Waals surface area contributed by atoms with E-state index in [1.807, 2.05) is 6.07 Å². The summed E-state index contributed by atoms with van der Waals surface area (Å²) in [6, 6.07) is 8.24. The monoisotopic (exact) mass is 280 g/mol. The molecular formula is C13H16N2O3S. The van der Waals surface area contributed by atoms with Crippen LogP contribution >= 0.6 is 0 Å². The second-order valence-corrected chi connectivity index (χ2v) is 6.49. The number of nitrogens with zero attached hydrogens (tertiary/aromatic N) is 2. The third-order valence-electron chi connectivity index (χ3n) is 3.28. The molecule has 19 heavy (non-hydrogen) atoms. The summed E-state index contributed by atoms with van der Waals surface area (Å²) in [6.07, 6.45) is 0.793. The van der Waals surface area contributed by atoms with Crippen LogP contribution in [-0.2, 0) is 14.8 Å². The number of nitriles is 1. The summed E-state index contributed by atoms with van der Waals surface area (Å²) in [5.74, 6) is 0.231. The maximum Gasteiger partial charge on any atom is 0.244 e. The van der Waals surface area contributed by atoms with Crippen molar-refractivity contribution < 1.29 is 13.2 Å². The van der Waals surface area contributed by atoms with E-state index < -0.39 is 10.0 Å². The van der Waals surface area contributed by atoms with Crippen molar-refractivity contribution in [1.82, 2.24) is 4.31 Å². The summed E-state index contributed by atoms with van der Waals surface area (Å²) >= 11 is 0. The molecule has 0 spiro atoms. The molecule has 6 heteroatoms. The average Bonchev–Trinajstić information content (AvgIpc) is 2.88. The number of hydrogen-bond acceptors (Lipinski definition) is 4. The standard InChI is InChI=1S/C13H16N2O3S/c1-18-10-11-6-7-15(9-11)19(16,17)13-5-3-2-4-12(13)8-14/h2-5,11H,6-7,9-10H2,1H3. The fourth-order valence-electron chi connectivity index (χ4n) is 2.31. The largest absolute Gasteiger partial charge is 0.384 e. The molecule has 1 fully saturated rings. The summed E-state index contributed by atoms with van der Waals surface area (Å²) in [5.41, 5.74) is 0.192. The Hall–Kier alpha value is -1.42. The van der Waals surface area contributed by atoms with Crippen LogP contribution in [0, 0.1) is 17.2 Å². The van der Waals surface area contributed by atoms with Crippen LogP contribution in [-0.4, -0.2) is 39.5 Å². The molecule has 0 N–H and O–H groups in total. The number of ether oxygens (including phenoxy) is 1. The first-order chi connectivity index (χ1) is 9.09. The van der Waals surface area contributed by atoms with Gasteiger partial charge in [-0.15, -0.1) is 0 Å². The molecule has 1 atom stereocenters. The number of benzene rings is 1. The predicted octanol–water partition coefficient (Wildman–Crippen LogP) is 1.22. The Morgan fingerprint density at radius 3 is 2.89 bits per heavy atom. The summed E-state index contributed by atoms with van der Waals surface area (Å²) in [5, 5.41) is 9.01. The Morgan fingerprint density at radius 2 is 2.21 bits per heavy atom. The topological polar surface area (TPSA) is 70.4 Å². The van der Waals surface area contributed by atoms with Gasteiger partial charge in [0.25, 0.3) is 0 Å². The molecule has 2 rings (SSSR count). The van der Waals surface area contributed by atoms with Crippen LogP contribution in [0.1, 0.15) is 12.0 Å². The minimum Gasteiger partial charge on any atom is -0.384 e. The number of methoxy groups -OCH3 is 1. The normalized spacial score (nSPS) is 20.3. The highest BCUT2D eigenvalue weighted by Gasteiger charge is 2.33. The molecule has 5 nitrogen and oxygen atoms in total. The van der Waals surface area contributed by atoms with Crippen LogP contribution < -0.4 is 0 Å². The molecule has 0 saturated carbocycles. The van der Waals surface area contributed by atoms with Crippen molar-refractivity contribution >= 4 is 10.0 Å². The third kappa shape index (κ3) is 2.78. The van der Waals surface area contributed by atoms with Crippen LogP contribution in [0.4, 0.5) is 0 Å². The van der Waals surface area contributed by atoms with Crippen molar-refractivity contribution in [2.24, 2.45) is 5.92 Å². The van der Waals surface area contributed by atoms with Crippen molar-refractivity contribution in [1.29, 1.82) is 5.26 Å². The maximum atomic E-state index is 12.5. The number of hydrogen-bond donors (Lipinski definition) is 0. The van der Waals surface area contributed by atoms with E-state index in [1.54, 1.807) is 19.2 Å². The number of sulfonamides is 1. The van der Waals surface area contributed by atoms with Crippen LogP contribution in [0.3, 0.4) is 0 Å². The third-order valence-corrected chi connectivity index (χ3v) is 5.20. The highest BCUT2D eigenvalue weighted by molar-refractivity contribution is 7.89. The zero-order valence-electron chi connectivity index (χ0n) is 10.7. The van der Waals surface area contributed by atoms with E-state index in [2.05, 4.69) is 0 Å². The van der Waals surface area contributed by atoms with Crippen LogP contribution in [0.2, 0.25) is 0 Å². The Balaban J connectivity index is 2.27. The van der Waals surface area contributed by atoms with E-state index in [0.717, 1.165) is 6.42 Å². The molecule has 0 aliphatic carbocycles. The van der Waals surface area contributed by atoms with Gasteiger partial charge in [0.1, 0.15) is 6.07 Å².